The smallest absolute Gasteiger partial charge is 0.341 e. The summed E-state index contributed by atoms with van der Waals surface area (Å²) < 4.78 is 58.7. The van der Waals surface area contributed by atoms with Gasteiger partial charge < -0.3 is 15.3 Å². The topological polar surface area (TPSA) is 87.5 Å². The van der Waals surface area contributed by atoms with Gasteiger partial charge in [-0.3, -0.25) is 9.36 Å². The van der Waals surface area contributed by atoms with Crippen molar-refractivity contribution in [3.63, 3.8) is 0 Å². The highest BCUT2D eigenvalue weighted by molar-refractivity contribution is 5.92. The van der Waals surface area contributed by atoms with E-state index in [1.807, 2.05) is 0 Å². The van der Waals surface area contributed by atoms with E-state index in [9.17, 15) is 27.9 Å². The second-order valence-corrected chi connectivity index (χ2v) is 8.67. The van der Waals surface area contributed by atoms with Gasteiger partial charge in [-0.1, -0.05) is 0 Å². The molecular formula is C23H20F4N4O3. The Morgan fingerprint density at radius 1 is 1.15 bits per heavy atom. The minimum atomic E-state index is -1.60. The summed E-state index contributed by atoms with van der Waals surface area (Å²) >= 11 is 0. The summed E-state index contributed by atoms with van der Waals surface area (Å²) in [5, 5.41) is 12.3. The van der Waals surface area contributed by atoms with Crippen LogP contribution in [-0.4, -0.2) is 52.5 Å². The number of nitrogens with zero attached hydrogens (tertiary/aromatic N) is 3. The first-order chi connectivity index (χ1) is 16.2. The molecule has 2 aromatic heterocycles. The van der Waals surface area contributed by atoms with Crippen molar-refractivity contribution < 1.29 is 27.5 Å². The minimum absolute atomic E-state index is 0.116. The van der Waals surface area contributed by atoms with Crippen molar-refractivity contribution >= 4 is 22.8 Å². The molecule has 178 valence electrons. The first-order valence-electron chi connectivity index (χ1n) is 10.8. The van der Waals surface area contributed by atoms with Gasteiger partial charge >= 0.3 is 5.97 Å². The monoisotopic (exact) mass is 476 g/mol. The van der Waals surface area contributed by atoms with E-state index in [-0.39, 0.29) is 36.2 Å². The summed E-state index contributed by atoms with van der Waals surface area (Å²) in [5.41, 5.74) is -2.25. The largest absolute Gasteiger partial charge is 0.477 e. The zero-order chi connectivity index (χ0) is 24.1. The van der Waals surface area contributed by atoms with Crippen LogP contribution in [0.1, 0.15) is 23.2 Å². The lowest BCUT2D eigenvalue weighted by Crippen LogP contribution is -2.30. The van der Waals surface area contributed by atoms with Crippen LogP contribution in [0.3, 0.4) is 0 Å². The maximum Gasteiger partial charge on any atom is 0.341 e. The van der Waals surface area contributed by atoms with Crippen LogP contribution in [0.4, 0.5) is 23.4 Å². The average molecular weight is 476 g/mol. The first-order valence-corrected chi connectivity index (χ1v) is 10.8. The molecule has 0 unspecified atom stereocenters. The molecule has 0 amide bonds. The van der Waals surface area contributed by atoms with E-state index in [2.05, 4.69) is 10.3 Å². The van der Waals surface area contributed by atoms with E-state index < -0.39 is 46.0 Å². The van der Waals surface area contributed by atoms with Crippen molar-refractivity contribution in [1.29, 1.82) is 0 Å². The van der Waals surface area contributed by atoms with Crippen LogP contribution in [0.2, 0.25) is 0 Å². The molecule has 0 radical (unpaired) electrons. The van der Waals surface area contributed by atoms with Gasteiger partial charge in [0.2, 0.25) is 5.43 Å². The zero-order valence-electron chi connectivity index (χ0n) is 17.8. The number of carboxylic acids is 1. The summed E-state index contributed by atoms with van der Waals surface area (Å²) in [6.45, 7) is 0.498. The SMILES string of the molecule is O=C(O)c1cn(-c2ccc(F)cc2F)c2nc(N3C[C@H](CNC4CC4)[C@H](F)C3)c(F)cc2c1=O. The summed E-state index contributed by atoms with van der Waals surface area (Å²) in [5.74, 6) is -5.04. The van der Waals surface area contributed by atoms with Crippen LogP contribution >= 0.6 is 0 Å². The molecule has 1 aliphatic heterocycles. The lowest BCUT2D eigenvalue weighted by Gasteiger charge is -2.20. The number of fused-ring (bicyclic) bond motifs is 1. The molecule has 5 rings (SSSR count). The number of carboxylic acid groups (broad SMARTS) is 1. The Hall–Kier alpha value is -3.47. The molecule has 2 atom stereocenters. The third-order valence-corrected chi connectivity index (χ3v) is 6.22. The number of hydrogen-bond donors (Lipinski definition) is 2. The van der Waals surface area contributed by atoms with E-state index in [1.165, 1.54) is 4.90 Å². The summed E-state index contributed by atoms with van der Waals surface area (Å²) in [6.07, 6.45) is 1.73. The standard InChI is InChI=1S/C23H20F4N4O3/c24-12-1-4-19(16(25)5-12)31-9-15(23(33)34)20(32)14-6-17(26)22(29-21(14)31)30-8-11(18(27)10-30)7-28-13-2-3-13/h1,4-6,9,11,13,18,28H,2-3,7-8,10H2,(H,33,34)/t11-,18+/m0/s1. The molecule has 11 heteroatoms. The van der Waals surface area contributed by atoms with E-state index in [4.69, 9.17) is 0 Å². The lowest BCUT2D eigenvalue weighted by molar-refractivity contribution is 0.0695. The van der Waals surface area contributed by atoms with Crippen molar-refractivity contribution in [3.05, 3.63) is 63.7 Å². The highest BCUT2D eigenvalue weighted by Crippen LogP contribution is 2.30. The second kappa shape index (κ2) is 8.39. The van der Waals surface area contributed by atoms with E-state index in [1.54, 1.807) is 0 Å². The number of pyridine rings is 2. The summed E-state index contributed by atoms with van der Waals surface area (Å²) in [6, 6.07) is 3.82. The van der Waals surface area contributed by atoms with Crippen LogP contribution in [0.25, 0.3) is 16.7 Å². The number of halogens is 4. The van der Waals surface area contributed by atoms with Gasteiger partial charge in [0.25, 0.3) is 0 Å². The normalized spacial score (nSPS) is 20.3. The van der Waals surface area contributed by atoms with Gasteiger partial charge in [-0.25, -0.2) is 27.3 Å². The second-order valence-electron chi connectivity index (χ2n) is 8.67. The predicted octanol–water partition coefficient (Wildman–Crippen LogP) is 3.03. The molecule has 0 spiro atoms. The zero-order valence-corrected chi connectivity index (χ0v) is 17.8. The molecule has 1 aromatic carbocycles. The number of hydrogen-bond acceptors (Lipinski definition) is 5. The summed E-state index contributed by atoms with van der Waals surface area (Å²) in [4.78, 5) is 29.9. The van der Waals surface area contributed by atoms with Crippen molar-refractivity contribution in [1.82, 2.24) is 14.9 Å². The van der Waals surface area contributed by atoms with Gasteiger partial charge in [-0.2, -0.15) is 0 Å². The number of aromatic carboxylic acids is 1. The number of carbonyl (C=O) groups is 1. The van der Waals surface area contributed by atoms with E-state index in [0.717, 1.165) is 41.8 Å². The molecule has 2 aliphatic rings. The van der Waals surface area contributed by atoms with Crippen molar-refractivity contribution in [2.45, 2.75) is 25.1 Å². The van der Waals surface area contributed by atoms with Crippen molar-refractivity contribution in [2.24, 2.45) is 5.92 Å². The first kappa shape index (κ1) is 22.3. The highest BCUT2D eigenvalue weighted by Gasteiger charge is 2.36. The fourth-order valence-corrected chi connectivity index (χ4v) is 4.25. The van der Waals surface area contributed by atoms with Gasteiger partial charge in [0.05, 0.1) is 17.6 Å². The highest BCUT2D eigenvalue weighted by atomic mass is 19.1. The lowest BCUT2D eigenvalue weighted by atomic mass is 10.1. The van der Waals surface area contributed by atoms with Gasteiger partial charge in [0.1, 0.15) is 23.4 Å². The Morgan fingerprint density at radius 2 is 1.91 bits per heavy atom. The fourth-order valence-electron chi connectivity index (χ4n) is 4.25. The quantitative estimate of drug-likeness (QED) is 0.532. The van der Waals surface area contributed by atoms with E-state index in [0.29, 0.717) is 18.7 Å². The third kappa shape index (κ3) is 4.00. The van der Waals surface area contributed by atoms with Gasteiger partial charge in [-0.05, 0) is 31.0 Å². The van der Waals surface area contributed by atoms with Crippen LogP contribution in [0, 0.1) is 23.4 Å². The average Bonchev–Trinajstić information content (AvgIpc) is 3.54. The molecule has 1 aliphatic carbocycles. The molecule has 3 aromatic rings. The number of nitrogens with one attached hydrogen (secondary N) is 1. The van der Waals surface area contributed by atoms with E-state index >= 15 is 4.39 Å². The minimum Gasteiger partial charge on any atom is -0.477 e. The third-order valence-electron chi connectivity index (χ3n) is 6.22. The Balaban J connectivity index is 1.63. The van der Waals surface area contributed by atoms with Crippen LogP contribution in [0.15, 0.2) is 35.3 Å². The molecule has 3 heterocycles. The molecule has 2 N–H and O–H groups in total. The molecule has 2 fully saturated rings. The maximum absolute atomic E-state index is 15.1. The Bertz CT molecular complexity index is 1360. The molecule has 0 bridgehead atoms. The van der Waals surface area contributed by atoms with Crippen LogP contribution < -0.4 is 15.6 Å². The predicted molar refractivity (Wildman–Crippen MR) is 116 cm³/mol. The maximum atomic E-state index is 15.1. The number of anilines is 1. The van der Waals surface area contributed by atoms with Crippen LogP contribution in [-0.2, 0) is 0 Å². The van der Waals surface area contributed by atoms with Crippen molar-refractivity contribution in [3.8, 4) is 5.69 Å². The molecule has 34 heavy (non-hydrogen) atoms. The molecule has 1 saturated carbocycles. The number of aromatic nitrogens is 2. The number of benzene rings is 1. The van der Waals surface area contributed by atoms with Gasteiger partial charge in [0.15, 0.2) is 17.3 Å². The number of rotatable bonds is 6. The van der Waals surface area contributed by atoms with Crippen molar-refractivity contribution in [2.75, 3.05) is 24.5 Å². The number of alkyl halides is 1. The molecular weight excluding hydrogens is 456 g/mol. The molecule has 1 saturated heterocycles. The Morgan fingerprint density at radius 3 is 2.59 bits per heavy atom. The Kier molecular flexibility index (Phi) is 5.51. The molecule has 7 nitrogen and oxygen atoms in total. The van der Waals surface area contributed by atoms with Gasteiger partial charge in [0, 0.05) is 37.3 Å². The van der Waals surface area contributed by atoms with Crippen LogP contribution in [0.5, 0.6) is 0 Å². The Labute approximate surface area is 190 Å². The van der Waals surface area contributed by atoms with Gasteiger partial charge in [-0.15, -0.1) is 0 Å². The summed E-state index contributed by atoms with van der Waals surface area (Å²) in [7, 11) is 0. The fraction of sp³-hybridized carbons (Fsp3) is 0.348.